The molecule has 0 radical (unpaired) electrons. The van der Waals surface area contributed by atoms with E-state index in [9.17, 15) is 9.18 Å². The summed E-state index contributed by atoms with van der Waals surface area (Å²) in [5.74, 6) is 0.359. The van der Waals surface area contributed by atoms with Crippen molar-refractivity contribution in [2.24, 2.45) is 0 Å². The van der Waals surface area contributed by atoms with Gasteiger partial charge in [0, 0.05) is 12.7 Å². The molecule has 1 aromatic carbocycles. The first-order chi connectivity index (χ1) is 16.8. The molecule has 198 valence electrons. The Bertz CT molecular complexity index is 1080. The highest BCUT2D eigenvalue weighted by atomic mass is 35.5. The van der Waals surface area contributed by atoms with Crippen LogP contribution in [0.1, 0.15) is 50.6 Å². The molecule has 0 fully saturated rings. The average molecular weight is 557 g/mol. The number of rotatable bonds is 8. The Labute approximate surface area is 224 Å². The smallest absolute Gasteiger partial charge is 0.318 e. The first-order valence-electron chi connectivity index (χ1n) is 12.1. The minimum Gasteiger partial charge on any atom is -0.414 e. The van der Waals surface area contributed by atoms with Crippen molar-refractivity contribution < 1.29 is 13.6 Å². The van der Waals surface area contributed by atoms with E-state index in [-0.39, 0.29) is 17.1 Å². The van der Waals surface area contributed by atoms with Crippen LogP contribution < -0.4 is 10.6 Å². The molecule has 7 nitrogen and oxygen atoms in total. The highest BCUT2D eigenvalue weighted by Crippen LogP contribution is 2.37. The van der Waals surface area contributed by atoms with Gasteiger partial charge >= 0.3 is 6.03 Å². The monoisotopic (exact) mass is 555 g/mol. The number of carbonyl (C=O) groups is 1. The Hall–Kier alpha value is -1.94. The fourth-order valence-corrected chi connectivity index (χ4v) is 4.83. The molecule has 1 aliphatic heterocycles. The zero-order valence-electron chi connectivity index (χ0n) is 21.8. The van der Waals surface area contributed by atoms with E-state index in [0.29, 0.717) is 42.1 Å². The number of fused-ring (bicyclic) bond motifs is 1. The van der Waals surface area contributed by atoms with Crippen LogP contribution in [-0.2, 0) is 17.4 Å². The topological polar surface area (TPSA) is 79.4 Å². The molecule has 1 aromatic heterocycles. The van der Waals surface area contributed by atoms with Gasteiger partial charge in [-0.15, -0.1) is 0 Å². The van der Waals surface area contributed by atoms with Gasteiger partial charge in [-0.3, -0.25) is 0 Å². The Morgan fingerprint density at radius 1 is 1.28 bits per heavy atom. The number of carbonyl (C=O) groups excluding carboxylic acids is 1. The second-order valence-corrected chi connectivity index (χ2v) is 16.4. The number of alkyl halides is 1. The Kier molecular flexibility index (Phi) is 9.24. The fraction of sp³-hybridized carbons (Fsp3) is 0.560. The van der Waals surface area contributed by atoms with Gasteiger partial charge in [0.05, 0.1) is 41.0 Å². The Balaban J connectivity index is 1.77. The fourth-order valence-electron chi connectivity index (χ4n) is 3.50. The number of amides is 2. The largest absolute Gasteiger partial charge is 0.414 e. The number of nitrogens with zero attached hydrogens (tertiary/aromatic N) is 3. The molecule has 0 saturated heterocycles. The number of hydrogen-bond donors (Lipinski definition) is 2. The summed E-state index contributed by atoms with van der Waals surface area (Å²) in [4.78, 5) is 23.9. The van der Waals surface area contributed by atoms with Crippen LogP contribution in [0.4, 0.5) is 15.1 Å². The van der Waals surface area contributed by atoms with Gasteiger partial charge in [-0.1, -0.05) is 50.0 Å². The van der Waals surface area contributed by atoms with Crippen molar-refractivity contribution in [2.75, 3.05) is 25.1 Å². The van der Waals surface area contributed by atoms with Gasteiger partial charge in [-0.05, 0) is 54.7 Å². The Morgan fingerprint density at radius 2 is 2.00 bits per heavy atom. The third kappa shape index (κ3) is 7.09. The van der Waals surface area contributed by atoms with Crippen molar-refractivity contribution >= 4 is 43.5 Å². The van der Waals surface area contributed by atoms with E-state index in [1.807, 2.05) is 6.07 Å². The van der Waals surface area contributed by atoms with Crippen molar-refractivity contribution in [1.29, 1.82) is 0 Å². The maximum atomic E-state index is 13.4. The highest BCUT2D eigenvalue weighted by Gasteiger charge is 2.38. The molecule has 1 unspecified atom stereocenters. The number of aromatic nitrogens is 2. The third-order valence-corrected chi connectivity index (χ3v) is 12.1. The van der Waals surface area contributed by atoms with E-state index < -0.39 is 21.0 Å². The first-order valence-corrected chi connectivity index (χ1v) is 15.8. The van der Waals surface area contributed by atoms with Crippen LogP contribution in [0.2, 0.25) is 28.2 Å². The molecule has 2 atom stereocenters. The molecule has 2 aromatic rings. The number of urea groups is 1. The van der Waals surface area contributed by atoms with Crippen LogP contribution in [0, 0.1) is 0 Å². The lowest BCUT2D eigenvalue weighted by Crippen LogP contribution is -2.47. The summed E-state index contributed by atoms with van der Waals surface area (Å²) in [6.45, 7) is 13.3. The van der Waals surface area contributed by atoms with Crippen molar-refractivity contribution in [3.05, 3.63) is 51.3 Å². The number of nitrogens with one attached hydrogen (secondary N) is 2. The molecule has 0 saturated carbocycles. The van der Waals surface area contributed by atoms with Crippen molar-refractivity contribution in [2.45, 2.75) is 70.9 Å². The van der Waals surface area contributed by atoms with Gasteiger partial charge in [-0.2, -0.15) is 0 Å². The minimum atomic E-state index is -2.06. The lowest BCUT2D eigenvalue weighted by Gasteiger charge is -2.38. The van der Waals surface area contributed by atoms with E-state index in [0.717, 1.165) is 16.8 Å². The summed E-state index contributed by atoms with van der Waals surface area (Å²) in [6.07, 6.45) is 2.38. The number of anilines is 1. The summed E-state index contributed by atoms with van der Waals surface area (Å²) in [5.41, 5.74) is 2.56. The molecule has 0 bridgehead atoms. The average Bonchev–Trinajstić information content (AvgIpc) is 2.82. The highest BCUT2D eigenvalue weighted by molar-refractivity contribution is 6.74. The van der Waals surface area contributed by atoms with E-state index >= 15 is 0 Å². The maximum Gasteiger partial charge on any atom is 0.318 e. The zero-order valence-corrected chi connectivity index (χ0v) is 24.3. The maximum absolute atomic E-state index is 13.4. The van der Waals surface area contributed by atoms with Crippen LogP contribution >= 0.6 is 23.2 Å². The van der Waals surface area contributed by atoms with Gasteiger partial charge in [0.15, 0.2) is 8.32 Å². The van der Waals surface area contributed by atoms with E-state index in [1.54, 1.807) is 30.2 Å². The molecule has 2 amide bonds. The molecule has 3 rings (SSSR count). The standard InChI is InChI=1S/C25H36Cl2FN5O2Si/c1-16(12-28)30-23-29-13-18-9-10-33(14-21(18)31-23)24(34)32-22(15-35-36(5,6)25(2,3)4)17-7-8-19(26)20(27)11-17/h7-8,11,13,16,22H,9-10,12,14-15H2,1-6H3,(H,32,34)(H,29,30,31)/t16?,22-/m1/s1. The van der Waals surface area contributed by atoms with Crippen LogP contribution in [-0.4, -0.2) is 55.1 Å². The second kappa shape index (κ2) is 11.6. The van der Waals surface area contributed by atoms with Gasteiger partial charge in [0.2, 0.25) is 5.95 Å². The van der Waals surface area contributed by atoms with E-state index in [1.165, 1.54) is 0 Å². The van der Waals surface area contributed by atoms with Crippen LogP contribution in [0.15, 0.2) is 24.4 Å². The quantitative estimate of drug-likeness (QED) is 0.369. The SMILES string of the molecule is CC(CF)Nc1ncc2c(n1)CN(C(=O)N[C@H](CO[Si](C)(C)C(C)(C)C)c1ccc(Cl)c(Cl)c1)CC2. The normalized spacial score (nSPS) is 15.8. The molecule has 11 heteroatoms. The number of halogens is 3. The molecular formula is C25H36Cl2FN5O2Si. The van der Waals surface area contributed by atoms with Crippen LogP contribution in [0.3, 0.4) is 0 Å². The van der Waals surface area contributed by atoms with E-state index in [4.69, 9.17) is 27.6 Å². The summed E-state index contributed by atoms with van der Waals surface area (Å²) in [7, 11) is -2.06. The first kappa shape index (κ1) is 28.6. The predicted octanol–water partition coefficient (Wildman–Crippen LogP) is 6.38. The molecule has 1 aliphatic rings. The van der Waals surface area contributed by atoms with Gasteiger partial charge in [-0.25, -0.2) is 19.2 Å². The summed E-state index contributed by atoms with van der Waals surface area (Å²) in [5, 5.41) is 6.98. The predicted molar refractivity (Wildman–Crippen MR) is 146 cm³/mol. The van der Waals surface area contributed by atoms with Gasteiger partial charge in [0.25, 0.3) is 0 Å². The lowest BCUT2D eigenvalue weighted by molar-refractivity contribution is 0.177. The van der Waals surface area contributed by atoms with E-state index in [2.05, 4.69) is 54.5 Å². The molecule has 2 N–H and O–H groups in total. The number of hydrogen-bond acceptors (Lipinski definition) is 5. The van der Waals surface area contributed by atoms with Crippen molar-refractivity contribution in [3.63, 3.8) is 0 Å². The third-order valence-electron chi connectivity index (χ3n) is 6.90. The van der Waals surface area contributed by atoms with Gasteiger partial charge in [0.1, 0.15) is 6.67 Å². The zero-order chi connectivity index (χ0) is 26.7. The molecule has 0 aliphatic carbocycles. The lowest BCUT2D eigenvalue weighted by atomic mass is 10.1. The van der Waals surface area contributed by atoms with Gasteiger partial charge < -0.3 is 20.0 Å². The summed E-state index contributed by atoms with van der Waals surface area (Å²) in [6, 6.07) is 4.34. The molecular weight excluding hydrogens is 520 g/mol. The molecule has 36 heavy (non-hydrogen) atoms. The minimum absolute atomic E-state index is 0.0286. The summed E-state index contributed by atoms with van der Waals surface area (Å²) < 4.78 is 19.3. The van der Waals surface area contributed by atoms with Crippen molar-refractivity contribution in [1.82, 2.24) is 20.2 Å². The second-order valence-electron chi connectivity index (χ2n) is 10.8. The van der Waals surface area contributed by atoms with Crippen molar-refractivity contribution in [3.8, 4) is 0 Å². The number of benzene rings is 1. The molecule has 0 spiro atoms. The summed E-state index contributed by atoms with van der Waals surface area (Å²) >= 11 is 12.4. The van der Waals surface area contributed by atoms with Crippen LogP contribution in [0.25, 0.3) is 0 Å². The van der Waals surface area contributed by atoms with Crippen LogP contribution in [0.5, 0.6) is 0 Å². The Morgan fingerprint density at radius 3 is 2.64 bits per heavy atom. The molecule has 2 heterocycles.